The Labute approximate surface area is 194 Å². The quantitative estimate of drug-likeness (QED) is 0.369. The molecule has 1 unspecified atom stereocenters. The molecule has 32 heavy (non-hydrogen) atoms. The summed E-state index contributed by atoms with van der Waals surface area (Å²) < 4.78 is 0. The van der Waals surface area contributed by atoms with Gasteiger partial charge in [0.25, 0.3) is 0 Å². The van der Waals surface area contributed by atoms with Gasteiger partial charge in [0.15, 0.2) is 0 Å². The smallest absolute Gasteiger partial charge is 0.237 e. The Morgan fingerprint density at radius 3 is 2.22 bits per heavy atom. The number of anilines is 2. The van der Waals surface area contributed by atoms with E-state index in [4.69, 9.17) is 0 Å². The minimum atomic E-state index is -0.227. The topological polar surface area (TPSA) is 58.2 Å². The van der Waals surface area contributed by atoms with Crippen molar-refractivity contribution in [3.8, 4) is 0 Å². The zero-order chi connectivity index (χ0) is 22.9. The maximum absolute atomic E-state index is 12.8. The number of hydrogen-bond donors (Lipinski definition) is 2. The third-order valence-electron chi connectivity index (χ3n) is 5.11. The van der Waals surface area contributed by atoms with Crippen LogP contribution in [0.3, 0.4) is 0 Å². The Bertz CT molecular complexity index is 1030. The SMILES string of the molecule is CCC(Sc1cccc(NC(=O)Cc2ccccc2)c1)C(=O)Nc1ccc(C(C)C)cc1. The highest BCUT2D eigenvalue weighted by Gasteiger charge is 2.18. The van der Waals surface area contributed by atoms with E-state index in [0.717, 1.165) is 21.8 Å². The normalized spacial score (nSPS) is 11.8. The van der Waals surface area contributed by atoms with Gasteiger partial charge in [-0.1, -0.05) is 69.3 Å². The summed E-state index contributed by atoms with van der Waals surface area (Å²) in [7, 11) is 0. The molecule has 0 heterocycles. The molecule has 5 heteroatoms. The lowest BCUT2D eigenvalue weighted by Gasteiger charge is -2.16. The second-order valence-electron chi connectivity index (χ2n) is 8.02. The zero-order valence-corrected chi connectivity index (χ0v) is 19.6. The summed E-state index contributed by atoms with van der Waals surface area (Å²) in [6.07, 6.45) is 1.03. The summed E-state index contributed by atoms with van der Waals surface area (Å²) >= 11 is 1.51. The van der Waals surface area contributed by atoms with Crippen LogP contribution in [0.15, 0.2) is 83.8 Å². The lowest BCUT2D eigenvalue weighted by molar-refractivity contribution is -0.116. The molecule has 0 aliphatic heterocycles. The van der Waals surface area contributed by atoms with E-state index in [1.807, 2.05) is 73.7 Å². The standard InChI is InChI=1S/C27H30N2O2S/c1-4-25(27(31)29-22-15-13-21(14-16-22)19(2)3)32-24-12-8-11-23(18-24)28-26(30)17-20-9-6-5-7-10-20/h5-16,18-19,25H,4,17H2,1-3H3,(H,28,30)(H,29,31). The number of rotatable bonds is 9. The molecule has 0 spiro atoms. The van der Waals surface area contributed by atoms with Crippen molar-refractivity contribution >= 4 is 35.0 Å². The Hall–Kier alpha value is -3.05. The zero-order valence-electron chi connectivity index (χ0n) is 18.8. The number of nitrogens with one attached hydrogen (secondary N) is 2. The van der Waals surface area contributed by atoms with Crippen LogP contribution in [0.2, 0.25) is 0 Å². The van der Waals surface area contributed by atoms with E-state index in [2.05, 4.69) is 36.6 Å². The third kappa shape index (κ3) is 6.99. The Balaban J connectivity index is 1.59. The summed E-state index contributed by atoms with van der Waals surface area (Å²) in [5, 5.41) is 5.75. The molecule has 4 nitrogen and oxygen atoms in total. The van der Waals surface area contributed by atoms with E-state index < -0.39 is 0 Å². The molecule has 0 aliphatic rings. The first kappa shape index (κ1) is 23.6. The summed E-state index contributed by atoms with van der Waals surface area (Å²) in [6, 6.07) is 25.3. The lowest BCUT2D eigenvalue weighted by atomic mass is 10.0. The predicted octanol–water partition coefficient (Wildman–Crippen LogP) is 6.50. The van der Waals surface area contributed by atoms with Crippen LogP contribution in [0.25, 0.3) is 0 Å². The first-order valence-electron chi connectivity index (χ1n) is 11.0. The van der Waals surface area contributed by atoms with E-state index in [1.54, 1.807) is 0 Å². The first-order valence-corrected chi connectivity index (χ1v) is 11.8. The second-order valence-corrected chi connectivity index (χ2v) is 9.30. The van der Waals surface area contributed by atoms with Gasteiger partial charge in [0, 0.05) is 16.3 Å². The number of carbonyl (C=O) groups is 2. The van der Waals surface area contributed by atoms with Gasteiger partial charge in [0.2, 0.25) is 11.8 Å². The summed E-state index contributed by atoms with van der Waals surface area (Å²) in [4.78, 5) is 26.1. The fourth-order valence-electron chi connectivity index (χ4n) is 3.29. The Kier molecular flexibility index (Phi) is 8.51. The van der Waals surface area contributed by atoms with Crippen molar-refractivity contribution in [2.45, 2.75) is 49.7 Å². The van der Waals surface area contributed by atoms with Crippen molar-refractivity contribution in [3.63, 3.8) is 0 Å². The van der Waals surface area contributed by atoms with Crippen LogP contribution in [0.5, 0.6) is 0 Å². The van der Waals surface area contributed by atoms with E-state index in [9.17, 15) is 9.59 Å². The predicted molar refractivity (Wildman–Crippen MR) is 134 cm³/mol. The maximum Gasteiger partial charge on any atom is 0.237 e. The fraction of sp³-hybridized carbons (Fsp3) is 0.259. The average Bonchev–Trinajstić information content (AvgIpc) is 2.78. The van der Waals surface area contributed by atoms with Gasteiger partial charge in [-0.05, 0) is 53.8 Å². The molecule has 3 aromatic carbocycles. The minimum Gasteiger partial charge on any atom is -0.326 e. The summed E-state index contributed by atoms with van der Waals surface area (Å²) in [6.45, 7) is 6.30. The van der Waals surface area contributed by atoms with Crippen molar-refractivity contribution in [1.29, 1.82) is 0 Å². The summed E-state index contributed by atoms with van der Waals surface area (Å²) in [5.74, 6) is 0.375. The molecule has 0 fully saturated rings. The van der Waals surface area contributed by atoms with E-state index in [1.165, 1.54) is 17.3 Å². The van der Waals surface area contributed by atoms with Crippen molar-refractivity contribution in [2.75, 3.05) is 10.6 Å². The molecular weight excluding hydrogens is 416 g/mol. The molecular formula is C27H30N2O2S. The van der Waals surface area contributed by atoms with Gasteiger partial charge in [0.1, 0.15) is 0 Å². The molecule has 0 aromatic heterocycles. The van der Waals surface area contributed by atoms with E-state index >= 15 is 0 Å². The molecule has 0 radical (unpaired) electrons. The second kappa shape index (κ2) is 11.5. The van der Waals surface area contributed by atoms with Crippen LogP contribution < -0.4 is 10.6 Å². The highest BCUT2D eigenvalue weighted by Crippen LogP contribution is 2.29. The van der Waals surface area contributed by atoms with Gasteiger partial charge >= 0.3 is 0 Å². The molecule has 0 aliphatic carbocycles. The van der Waals surface area contributed by atoms with Crippen LogP contribution in [0, 0.1) is 0 Å². The first-order chi connectivity index (χ1) is 15.4. The third-order valence-corrected chi connectivity index (χ3v) is 6.47. The Morgan fingerprint density at radius 1 is 0.844 bits per heavy atom. The minimum absolute atomic E-state index is 0.0201. The molecule has 2 N–H and O–H groups in total. The van der Waals surface area contributed by atoms with Crippen LogP contribution in [0.4, 0.5) is 11.4 Å². The average molecular weight is 447 g/mol. The van der Waals surface area contributed by atoms with Crippen molar-refractivity contribution in [1.82, 2.24) is 0 Å². The number of amides is 2. The molecule has 3 rings (SSSR count). The van der Waals surface area contributed by atoms with Crippen LogP contribution in [-0.4, -0.2) is 17.1 Å². The number of benzene rings is 3. The molecule has 3 aromatic rings. The van der Waals surface area contributed by atoms with Gasteiger partial charge < -0.3 is 10.6 Å². The van der Waals surface area contributed by atoms with Gasteiger partial charge in [-0.3, -0.25) is 9.59 Å². The highest BCUT2D eigenvalue weighted by molar-refractivity contribution is 8.00. The van der Waals surface area contributed by atoms with Gasteiger partial charge in [-0.15, -0.1) is 11.8 Å². The Morgan fingerprint density at radius 2 is 1.56 bits per heavy atom. The number of hydrogen-bond acceptors (Lipinski definition) is 3. The molecule has 0 bridgehead atoms. The van der Waals surface area contributed by atoms with Crippen LogP contribution in [-0.2, 0) is 16.0 Å². The van der Waals surface area contributed by atoms with Gasteiger partial charge in [0.05, 0.1) is 11.7 Å². The van der Waals surface area contributed by atoms with E-state index in [-0.39, 0.29) is 17.1 Å². The van der Waals surface area contributed by atoms with Gasteiger partial charge in [-0.25, -0.2) is 0 Å². The highest BCUT2D eigenvalue weighted by atomic mass is 32.2. The maximum atomic E-state index is 12.8. The van der Waals surface area contributed by atoms with Crippen LogP contribution >= 0.6 is 11.8 Å². The molecule has 166 valence electrons. The van der Waals surface area contributed by atoms with Crippen molar-refractivity contribution < 1.29 is 9.59 Å². The monoisotopic (exact) mass is 446 g/mol. The van der Waals surface area contributed by atoms with Crippen LogP contribution in [0.1, 0.15) is 44.2 Å². The lowest BCUT2D eigenvalue weighted by Crippen LogP contribution is -2.24. The fourth-order valence-corrected chi connectivity index (χ4v) is 4.31. The van der Waals surface area contributed by atoms with Crippen molar-refractivity contribution in [3.05, 3.63) is 90.0 Å². The molecule has 1 atom stereocenters. The largest absolute Gasteiger partial charge is 0.326 e. The summed E-state index contributed by atoms with van der Waals surface area (Å²) in [5.41, 5.74) is 3.76. The molecule has 0 saturated carbocycles. The van der Waals surface area contributed by atoms with E-state index in [0.29, 0.717) is 18.8 Å². The van der Waals surface area contributed by atoms with Crippen molar-refractivity contribution in [2.24, 2.45) is 0 Å². The molecule has 0 saturated heterocycles. The number of thioether (sulfide) groups is 1. The molecule has 2 amide bonds. The van der Waals surface area contributed by atoms with Gasteiger partial charge in [-0.2, -0.15) is 0 Å². The number of carbonyl (C=O) groups excluding carboxylic acids is 2.